The van der Waals surface area contributed by atoms with E-state index in [4.69, 9.17) is 20.8 Å². The Morgan fingerprint density at radius 2 is 2.07 bits per heavy atom. The number of nitrogens with zero attached hydrogens (tertiary/aromatic N) is 2. The number of aromatic nitrogens is 1. The van der Waals surface area contributed by atoms with Crippen molar-refractivity contribution in [1.29, 1.82) is 0 Å². The van der Waals surface area contributed by atoms with Gasteiger partial charge in [-0.1, -0.05) is 35.1 Å². The van der Waals surface area contributed by atoms with Crippen molar-refractivity contribution in [2.75, 3.05) is 6.61 Å². The van der Waals surface area contributed by atoms with Gasteiger partial charge in [-0.25, -0.2) is 9.79 Å². The lowest BCUT2D eigenvalue weighted by Crippen LogP contribution is -2.39. The Kier molecular flexibility index (Phi) is 5.81. The summed E-state index contributed by atoms with van der Waals surface area (Å²) >= 11 is 10.5. The van der Waals surface area contributed by atoms with Crippen LogP contribution in [0.5, 0.6) is 0 Å². The van der Waals surface area contributed by atoms with Crippen molar-refractivity contribution in [3.8, 4) is 0 Å². The summed E-state index contributed by atoms with van der Waals surface area (Å²) in [4.78, 5) is 31.1. The summed E-state index contributed by atoms with van der Waals surface area (Å²) in [5.74, 6) is 0.0412. The van der Waals surface area contributed by atoms with Crippen molar-refractivity contribution in [1.82, 2.24) is 4.57 Å². The maximum atomic E-state index is 13.3. The van der Waals surface area contributed by atoms with Crippen LogP contribution in [0.3, 0.4) is 0 Å². The zero-order valence-corrected chi connectivity index (χ0v) is 19.2. The van der Waals surface area contributed by atoms with Crippen LogP contribution >= 0.6 is 38.9 Å². The lowest BCUT2D eigenvalue weighted by Gasteiger charge is -2.24. The smallest absolute Gasteiger partial charge is 0.338 e. The van der Waals surface area contributed by atoms with E-state index in [1.165, 1.54) is 15.9 Å². The molecule has 1 atom stereocenters. The fourth-order valence-corrected chi connectivity index (χ4v) is 4.76. The fraction of sp³-hybridized carbons (Fsp3) is 0.190. The average Bonchev–Trinajstić information content (AvgIpc) is 3.24. The van der Waals surface area contributed by atoms with E-state index in [0.717, 1.165) is 5.56 Å². The van der Waals surface area contributed by atoms with E-state index >= 15 is 0 Å². The van der Waals surface area contributed by atoms with Gasteiger partial charge in [0.25, 0.3) is 5.56 Å². The normalized spacial score (nSPS) is 16.4. The van der Waals surface area contributed by atoms with E-state index in [1.54, 1.807) is 56.3 Å². The second-order valence-corrected chi connectivity index (χ2v) is 8.72. The largest absolute Gasteiger partial charge is 0.463 e. The van der Waals surface area contributed by atoms with Crippen molar-refractivity contribution in [2.45, 2.75) is 19.9 Å². The Hall–Kier alpha value is -2.42. The molecule has 1 aromatic carbocycles. The number of carbonyl (C=O) groups excluding carboxylic acids is 1. The zero-order valence-electron chi connectivity index (χ0n) is 16.0. The van der Waals surface area contributed by atoms with Crippen LogP contribution in [0.15, 0.2) is 66.5 Å². The van der Waals surface area contributed by atoms with Crippen LogP contribution in [-0.4, -0.2) is 17.1 Å². The van der Waals surface area contributed by atoms with E-state index < -0.39 is 12.0 Å². The van der Waals surface area contributed by atoms with Crippen LogP contribution in [0, 0.1) is 0 Å². The number of ether oxygens (including phenoxy) is 1. The molecule has 0 radical (unpaired) electrons. The standard InChI is InChI=1S/C21H16BrClN2O4S/c1-3-28-20(27)17-11(2)24-21-25(18(17)12-4-6-13(23)7-5-12)19(26)15(30-21)10-14-8-9-16(22)29-14/h4-10,18H,3H2,1-2H3/b15-10+/t18-/m0/s1. The van der Waals surface area contributed by atoms with Crippen molar-refractivity contribution >= 4 is 50.9 Å². The molecule has 0 aliphatic carbocycles. The van der Waals surface area contributed by atoms with E-state index in [2.05, 4.69) is 20.9 Å². The summed E-state index contributed by atoms with van der Waals surface area (Å²) in [5, 5.41) is 0.563. The van der Waals surface area contributed by atoms with Crippen LogP contribution in [0.2, 0.25) is 5.02 Å². The Bertz CT molecular complexity index is 1330. The summed E-state index contributed by atoms with van der Waals surface area (Å²) in [6.07, 6.45) is 1.66. The number of benzene rings is 1. The number of halogens is 2. The molecule has 3 heterocycles. The summed E-state index contributed by atoms with van der Waals surface area (Å²) in [6, 6.07) is 9.90. The molecule has 154 valence electrons. The van der Waals surface area contributed by atoms with Crippen LogP contribution in [0.25, 0.3) is 6.08 Å². The van der Waals surface area contributed by atoms with Gasteiger partial charge < -0.3 is 9.15 Å². The van der Waals surface area contributed by atoms with Gasteiger partial charge in [0.15, 0.2) is 9.47 Å². The second-order valence-electron chi connectivity index (χ2n) is 6.50. The molecule has 3 aromatic rings. The predicted molar refractivity (Wildman–Crippen MR) is 118 cm³/mol. The predicted octanol–water partition coefficient (Wildman–Crippen LogP) is 3.81. The van der Waals surface area contributed by atoms with Crippen LogP contribution in [0.4, 0.5) is 0 Å². The number of thiazole rings is 1. The van der Waals surface area contributed by atoms with Crippen LogP contribution in [-0.2, 0) is 9.53 Å². The number of hydrogen-bond acceptors (Lipinski definition) is 6. The van der Waals surface area contributed by atoms with Crippen molar-refractivity contribution in [3.63, 3.8) is 0 Å². The number of carbonyl (C=O) groups is 1. The Morgan fingerprint density at radius 1 is 1.33 bits per heavy atom. The minimum absolute atomic E-state index is 0.223. The molecule has 0 N–H and O–H groups in total. The summed E-state index contributed by atoms with van der Waals surface area (Å²) < 4.78 is 13.3. The maximum absolute atomic E-state index is 13.3. The highest BCUT2D eigenvalue weighted by Crippen LogP contribution is 2.31. The first-order valence-electron chi connectivity index (χ1n) is 9.09. The van der Waals surface area contributed by atoms with E-state index in [-0.39, 0.29) is 12.2 Å². The molecule has 6 nitrogen and oxygen atoms in total. The zero-order chi connectivity index (χ0) is 21.4. The van der Waals surface area contributed by atoms with Crippen LogP contribution in [0.1, 0.15) is 31.2 Å². The minimum Gasteiger partial charge on any atom is -0.463 e. The Balaban J connectivity index is 1.96. The van der Waals surface area contributed by atoms with Gasteiger partial charge in [0.1, 0.15) is 5.76 Å². The molecular weight excluding hydrogens is 492 g/mol. The number of allylic oxidation sites excluding steroid dienone is 1. The third kappa shape index (κ3) is 3.82. The first-order valence-corrected chi connectivity index (χ1v) is 11.1. The van der Waals surface area contributed by atoms with Gasteiger partial charge in [-0.2, -0.15) is 0 Å². The molecule has 1 aliphatic heterocycles. The highest BCUT2D eigenvalue weighted by atomic mass is 79.9. The summed E-state index contributed by atoms with van der Waals surface area (Å²) in [6.45, 7) is 3.71. The van der Waals surface area contributed by atoms with Gasteiger partial charge in [-0.05, 0) is 59.6 Å². The molecule has 0 amide bonds. The Labute approximate surface area is 188 Å². The minimum atomic E-state index is -0.664. The van der Waals surface area contributed by atoms with Gasteiger partial charge in [0, 0.05) is 11.1 Å². The van der Waals surface area contributed by atoms with Gasteiger partial charge in [0.05, 0.1) is 28.5 Å². The molecule has 0 saturated heterocycles. The first kappa shape index (κ1) is 20.8. The molecule has 0 saturated carbocycles. The number of hydrogen-bond donors (Lipinski definition) is 0. The number of rotatable bonds is 4. The lowest BCUT2D eigenvalue weighted by atomic mass is 9.96. The molecule has 0 bridgehead atoms. The number of furan rings is 1. The SMILES string of the molecule is CCOC(=O)C1=C(C)N=c2s/c(=C/c3ccc(Br)o3)c(=O)n2[C@H]1c1ccc(Cl)cc1. The molecular formula is C21H16BrClN2O4S. The topological polar surface area (TPSA) is 73.8 Å². The molecule has 1 aliphatic rings. The third-order valence-corrected chi connectivity index (χ3v) is 6.23. The summed E-state index contributed by atoms with van der Waals surface area (Å²) in [5.41, 5.74) is 1.33. The van der Waals surface area contributed by atoms with Gasteiger partial charge in [-0.15, -0.1) is 0 Å². The molecule has 0 unspecified atom stereocenters. The lowest BCUT2D eigenvalue weighted by molar-refractivity contribution is -0.139. The summed E-state index contributed by atoms with van der Waals surface area (Å²) in [7, 11) is 0. The first-order chi connectivity index (χ1) is 14.4. The van der Waals surface area contributed by atoms with Crippen molar-refractivity contribution in [3.05, 3.63) is 88.4 Å². The quantitative estimate of drug-likeness (QED) is 0.504. The van der Waals surface area contributed by atoms with Gasteiger partial charge >= 0.3 is 5.97 Å². The molecule has 0 fully saturated rings. The van der Waals surface area contributed by atoms with Crippen LogP contribution < -0.4 is 14.9 Å². The number of esters is 1. The highest BCUT2D eigenvalue weighted by Gasteiger charge is 2.33. The molecule has 30 heavy (non-hydrogen) atoms. The molecule has 4 rings (SSSR count). The highest BCUT2D eigenvalue weighted by molar-refractivity contribution is 9.10. The third-order valence-electron chi connectivity index (χ3n) is 4.57. The average molecular weight is 508 g/mol. The monoisotopic (exact) mass is 506 g/mol. The Morgan fingerprint density at radius 3 is 2.70 bits per heavy atom. The van der Waals surface area contributed by atoms with Crippen molar-refractivity contribution in [2.24, 2.45) is 4.99 Å². The maximum Gasteiger partial charge on any atom is 0.338 e. The van der Waals surface area contributed by atoms with E-state index in [1.807, 2.05) is 0 Å². The molecule has 2 aromatic heterocycles. The number of fused-ring (bicyclic) bond motifs is 1. The fourth-order valence-electron chi connectivity index (χ4n) is 3.29. The van der Waals surface area contributed by atoms with Gasteiger partial charge in [-0.3, -0.25) is 9.36 Å². The van der Waals surface area contributed by atoms with Gasteiger partial charge in [0.2, 0.25) is 0 Å². The van der Waals surface area contributed by atoms with E-state index in [9.17, 15) is 9.59 Å². The molecule has 9 heteroatoms. The van der Waals surface area contributed by atoms with E-state index in [0.29, 0.717) is 36.1 Å². The van der Waals surface area contributed by atoms with Crippen molar-refractivity contribution < 1.29 is 13.9 Å². The second kappa shape index (κ2) is 8.37. The molecule has 0 spiro atoms.